The topological polar surface area (TPSA) is 63.2 Å². The fraction of sp³-hybridized carbons (Fsp3) is 0.417. The summed E-state index contributed by atoms with van der Waals surface area (Å²) in [5.74, 6) is -3.42. The van der Waals surface area contributed by atoms with Crippen LogP contribution in [0.4, 0.5) is 8.78 Å². The van der Waals surface area contributed by atoms with Crippen molar-refractivity contribution in [2.24, 2.45) is 5.92 Å². The SMILES string of the molecule is CC(C)CCNC(=O)c1c(F)cc(Br)c(S(=O)(=O)Cl)c1F. The van der Waals surface area contributed by atoms with Crippen molar-refractivity contribution < 1.29 is 22.0 Å². The lowest BCUT2D eigenvalue weighted by Gasteiger charge is -2.11. The van der Waals surface area contributed by atoms with Gasteiger partial charge in [-0.3, -0.25) is 4.79 Å². The Balaban J connectivity index is 3.22. The number of amides is 1. The molecule has 0 spiro atoms. The van der Waals surface area contributed by atoms with Crippen LogP contribution in [0.1, 0.15) is 30.6 Å². The zero-order valence-electron chi connectivity index (χ0n) is 11.2. The molecule has 0 saturated carbocycles. The van der Waals surface area contributed by atoms with Crippen LogP contribution in [0.2, 0.25) is 0 Å². The molecule has 1 N–H and O–H groups in total. The highest BCUT2D eigenvalue weighted by Crippen LogP contribution is 2.31. The second-order valence-corrected chi connectivity index (χ2v) is 8.09. The van der Waals surface area contributed by atoms with E-state index in [9.17, 15) is 22.0 Å². The Morgan fingerprint density at radius 3 is 2.48 bits per heavy atom. The fourth-order valence-electron chi connectivity index (χ4n) is 1.57. The molecule has 0 aromatic heterocycles. The maximum absolute atomic E-state index is 14.1. The molecular weight excluding hydrogens is 392 g/mol. The van der Waals surface area contributed by atoms with E-state index in [4.69, 9.17) is 10.7 Å². The van der Waals surface area contributed by atoms with E-state index >= 15 is 0 Å². The van der Waals surface area contributed by atoms with Gasteiger partial charge in [-0.1, -0.05) is 13.8 Å². The van der Waals surface area contributed by atoms with Crippen LogP contribution in [0, 0.1) is 17.6 Å². The van der Waals surface area contributed by atoms with Gasteiger partial charge in [0.2, 0.25) is 0 Å². The first kappa shape index (κ1) is 18.3. The van der Waals surface area contributed by atoms with Crippen molar-refractivity contribution in [3.8, 4) is 0 Å². The first-order valence-corrected chi connectivity index (χ1v) is 9.06. The fourth-order valence-corrected chi connectivity index (χ4v) is 3.92. The molecule has 0 aliphatic carbocycles. The predicted molar refractivity (Wildman–Crippen MR) is 78.9 cm³/mol. The van der Waals surface area contributed by atoms with Crippen molar-refractivity contribution in [3.63, 3.8) is 0 Å². The molecule has 0 bridgehead atoms. The smallest absolute Gasteiger partial charge is 0.265 e. The molecule has 0 aliphatic heterocycles. The lowest BCUT2D eigenvalue weighted by molar-refractivity contribution is 0.0943. The van der Waals surface area contributed by atoms with Gasteiger partial charge < -0.3 is 5.32 Å². The van der Waals surface area contributed by atoms with Gasteiger partial charge in [0.25, 0.3) is 15.0 Å². The average Bonchev–Trinajstić information content (AvgIpc) is 2.24. The lowest BCUT2D eigenvalue weighted by Crippen LogP contribution is -2.27. The Kier molecular flexibility index (Phi) is 6.12. The van der Waals surface area contributed by atoms with Crippen LogP contribution in [0.25, 0.3) is 0 Å². The van der Waals surface area contributed by atoms with E-state index in [-0.39, 0.29) is 11.0 Å². The molecule has 0 radical (unpaired) electrons. The molecule has 1 aromatic carbocycles. The minimum atomic E-state index is -4.47. The summed E-state index contributed by atoms with van der Waals surface area (Å²) in [5.41, 5.74) is -0.971. The Hall–Kier alpha value is -0.730. The second kappa shape index (κ2) is 7.02. The normalized spacial score (nSPS) is 11.8. The Morgan fingerprint density at radius 1 is 1.43 bits per heavy atom. The third kappa shape index (κ3) is 4.62. The number of rotatable bonds is 5. The van der Waals surface area contributed by atoms with Gasteiger partial charge in [0.15, 0.2) is 5.82 Å². The van der Waals surface area contributed by atoms with Crippen molar-refractivity contribution in [3.05, 3.63) is 27.7 Å². The molecule has 0 fully saturated rings. The third-order valence-corrected chi connectivity index (χ3v) is 4.84. The summed E-state index contributed by atoms with van der Waals surface area (Å²) >= 11 is 2.71. The molecule has 1 aromatic rings. The van der Waals surface area contributed by atoms with Crippen molar-refractivity contribution in [1.82, 2.24) is 5.32 Å². The molecule has 0 unspecified atom stereocenters. The van der Waals surface area contributed by atoms with Crippen LogP contribution in [0.3, 0.4) is 0 Å². The molecule has 21 heavy (non-hydrogen) atoms. The van der Waals surface area contributed by atoms with Crippen molar-refractivity contribution in [2.45, 2.75) is 25.2 Å². The van der Waals surface area contributed by atoms with Crippen molar-refractivity contribution >= 4 is 41.6 Å². The summed E-state index contributed by atoms with van der Waals surface area (Å²) in [4.78, 5) is 10.9. The summed E-state index contributed by atoms with van der Waals surface area (Å²) in [7, 11) is 0.625. The van der Waals surface area contributed by atoms with E-state index in [2.05, 4.69) is 21.2 Å². The van der Waals surface area contributed by atoms with Gasteiger partial charge in [0.05, 0.1) is 0 Å². The monoisotopic (exact) mass is 403 g/mol. The summed E-state index contributed by atoms with van der Waals surface area (Å²) in [6.45, 7) is 4.06. The minimum Gasteiger partial charge on any atom is -0.352 e. The molecule has 0 atom stereocenters. The molecule has 9 heteroatoms. The van der Waals surface area contributed by atoms with E-state index in [0.29, 0.717) is 18.4 Å². The number of halogens is 4. The number of carbonyl (C=O) groups excluding carboxylic acids is 1. The van der Waals surface area contributed by atoms with Crippen LogP contribution in [0.15, 0.2) is 15.4 Å². The van der Waals surface area contributed by atoms with Gasteiger partial charge in [-0.25, -0.2) is 17.2 Å². The van der Waals surface area contributed by atoms with Gasteiger partial charge >= 0.3 is 0 Å². The van der Waals surface area contributed by atoms with E-state index in [1.807, 2.05) is 13.8 Å². The molecule has 0 heterocycles. The average molecular weight is 405 g/mol. The first-order valence-electron chi connectivity index (χ1n) is 5.96. The second-order valence-electron chi connectivity index (χ2n) is 4.73. The van der Waals surface area contributed by atoms with Gasteiger partial charge in [-0.2, -0.15) is 0 Å². The third-order valence-electron chi connectivity index (χ3n) is 2.61. The summed E-state index contributed by atoms with van der Waals surface area (Å²) in [6.07, 6.45) is 0.617. The van der Waals surface area contributed by atoms with Crippen LogP contribution in [-0.4, -0.2) is 20.9 Å². The Bertz CT molecular complexity index is 665. The highest BCUT2D eigenvalue weighted by molar-refractivity contribution is 9.10. The van der Waals surface area contributed by atoms with Crippen molar-refractivity contribution in [1.29, 1.82) is 0 Å². The minimum absolute atomic E-state index is 0.217. The summed E-state index contributed by atoms with van der Waals surface area (Å²) < 4.78 is 50.1. The number of hydrogen-bond donors (Lipinski definition) is 1. The lowest BCUT2D eigenvalue weighted by atomic mass is 10.1. The van der Waals surface area contributed by atoms with E-state index in [1.165, 1.54) is 0 Å². The van der Waals surface area contributed by atoms with Gasteiger partial charge in [0, 0.05) is 21.7 Å². The molecule has 4 nitrogen and oxygen atoms in total. The predicted octanol–water partition coefficient (Wildman–Crippen LogP) is 3.43. The van der Waals surface area contributed by atoms with Crippen LogP contribution < -0.4 is 5.32 Å². The quantitative estimate of drug-likeness (QED) is 0.765. The van der Waals surface area contributed by atoms with Gasteiger partial charge in [-0.15, -0.1) is 0 Å². The number of hydrogen-bond acceptors (Lipinski definition) is 3. The largest absolute Gasteiger partial charge is 0.352 e. The molecule has 1 rings (SSSR count). The summed E-state index contributed by atoms with van der Waals surface area (Å²) in [5, 5.41) is 2.34. The molecule has 118 valence electrons. The molecular formula is C12H13BrClF2NO3S. The van der Waals surface area contributed by atoms with E-state index in [0.717, 1.165) is 0 Å². The number of carbonyl (C=O) groups is 1. The van der Waals surface area contributed by atoms with E-state index in [1.54, 1.807) is 0 Å². The van der Waals surface area contributed by atoms with Crippen LogP contribution >= 0.6 is 26.6 Å². The Morgan fingerprint density at radius 2 is 2.00 bits per heavy atom. The van der Waals surface area contributed by atoms with Gasteiger partial charge in [-0.05, 0) is 34.3 Å². The van der Waals surface area contributed by atoms with Crippen LogP contribution in [-0.2, 0) is 9.05 Å². The highest BCUT2D eigenvalue weighted by atomic mass is 79.9. The van der Waals surface area contributed by atoms with Crippen molar-refractivity contribution in [2.75, 3.05) is 6.54 Å². The maximum atomic E-state index is 14.1. The highest BCUT2D eigenvalue weighted by Gasteiger charge is 2.29. The standard InChI is InChI=1S/C12H13BrClF2NO3S/c1-6(2)3-4-17-12(18)9-8(15)5-7(13)11(10(9)16)21(14,19)20/h5-6H,3-4H2,1-2H3,(H,17,18). The summed E-state index contributed by atoms with van der Waals surface area (Å²) in [6, 6.07) is 0.690. The molecule has 0 aliphatic rings. The zero-order valence-corrected chi connectivity index (χ0v) is 14.4. The van der Waals surface area contributed by atoms with Crippen LogP contribution in [0.5, 0.6) is 0 Å². The first-order chi connectivity index (χ1) is 9.55. The molecule has 1 amide bonds. The molecule has 0 saturated heterocycles. The zero-order chi connectivity index (χ0) is 16.4. The van der Waals surface area contributed by atoms with E-state index < -0.39 is 37.1 Å². The van der Waals surface area contributed by atoms with Gasteiger partial charge in [0.1, 0.15) is 16.3 Å². The Labute approximate surface area is 134 Å². The number of benzene rings is 1. The maximum Gasteiger partial charge on any atom is 0.265 e. The number of nitrogens with one attached hydrogen (secondary N) is 1.